The van der Waals surface area contributed by atoms with Gasteiger partial charge < -0.3 is 20.3 Å². The average molecular weight is 219 g/mol. The molecule has 0 heterocycles. The molecule has 15 heavy (non-hydrogen) atoms. The number of rotatable bonds is 8. The minimum Gasteiger partial charge on any atom is -0.394 e. The van der Waals surface area contributed by atoms with Crippen molar-refractivity contribution in [2.24, 2.45) is 0 Å². The Hall–Kier alpha value is -0.650. The van der Waals surface area contributed by atoms with Crippen LogP contribution in [0.4, 0.5) is 0 Å². The summed E-state index contributed by atoms with van der Waals surface area (Å²) in [7, 11) is 0. The lowest BCUT2D eigenvalue weighted by atomic mass is 9.98. The van der Waals surface area contributed by atoms with Gasteiger partial charge in [0.15, 0.2) is 0 Å². The van der Waals surface area contributed by atoms with Gasteiger partial charge in [-0.3, -0.25) is 4.79 Å². The first-order valence-electron chi connectivity index (χ1n) is 5.24. The van der Waals surface area contributed by atoms with Gasteiger partial charge in [-0.15, -0.1) is 0 Å². The van der Waals surface area contributed by atoms with Crippen LogP contribution in [-0.2, 0) is 9.53 Å². The first-order valence-corrected chi connectivity index (χ1v) is 5.24. The van der Waals surface area contributed by atoms with Crippen LogP contribution in [-0.4, -0.2) is 48.1 Å². The molecule has 90 valence electrons. The molecule has 1 amide bonds. The van der Waals surface area contributed by atoms with Crippen molar-refractivity contribution in [2.45, 2.75) is 32.2 Å². The molecule has 0 aliphatic carbocycles. The molecule has 0 rings (SSSR count). The van der Waals surface area contributed by atoms with E-state index in [0.717, 1.165) is 0 Å². The molecule has 0 aromatic rings. The van der Waals surface area contributed by atoms with Crippen molar-refractivity contribution in [1.82, 2.24) is 5.32 Å². The number of hydrogen-bond acceptors (Lipinski definition) is 4. The molecule has 0 saturated heterocycles. The van der Waals surface area contributed by atoms with E-state index in [-0.39, 0.29) is 25.5 Å². The average Bonchev–Trinajstić information content (AvgIpc) is 2.26. The topological polar surface area (TPSA) is 78.8 Å². The van der Waals surface area contributed by atoms with Crippen LogP contribution >= 0.6 is 0 Å². The lowest BCUT2D eigenvalue weighted by Crippen LogP contribution is -2.53. The molecule has 0 unspecified atom stereocenters. The van der Waals surface area contributed by atoms with Crippen molar-refractivity contribution in [3.63, 3.8) is 0 Å². The molecule has 0 aliphatic rings. The molecule has 0 radical (unpaired) electrons. The number of carbonyl (C=O) groups is 1. The Morgan fingerprint density at radius 3 is 2.33 bits per heavy atom. The van der Waals surface area contributed by atoms with Crippen molar-refractivity contribution < 1.29 is 19.7 Å². The number of carbonyl (C=O) groups excluding carboxylic acids is 1. The van der Waals surface area contributed by atoms with Crippen LogP contribution in [0.15, 0.2) is 0 Å². The lowest BCUT2D eigenvalue weighted by molar-refractivity contribution is -0.125. The van der Waals surface area contributed by atoms with E-state index in [2.05, 4.69) is 5.32 Å². The van der Waals surface area contributed by atoms with E-state index in [0.29, 0.717) is 19.6 Å². The molecular weight excluding hydrogens is 198 g/mol. The van der Waals surface area contributed by atoms with Crippen molar-refractivity contribution in [1.29, 1.82) is 0 Å². The van der Waals surface area contributed by atoms with Crippen LogP contribution in [0, 0.1) is 0 Å². The number of hydrogen-bond donors (Lipinski definition) is 3. The molecule has 0 spiro atoms. The van der Waals surface area contributed by atoms with Crippen LogP contribution in [0.25, 0.3) is 0 Å². The highest BCUT2D eigenvalue weighted by molar-refractivity contribution is 5.76. The predicted molar refractivity (Wildman–Crippen MR) is 56.4 cm³/mol. The molecule has 0 fully saturated rings. The van der Waals surface area contributed by atoms with Crippen molar-refractivity contribution in [2.75, 3.05) is 26.4 Å². The molecule has 0 aromatic heterocycles. The molecule has 0 saturated carbocycles. The summed E-state index contributed by atoms with van der Waals surface area (Å²) in [6.45, 7) is 4.07. The van der Waals surface area contributed by atoms with Gasteiger partial charge in [0.25, 0.3) is 0 Å². The first kappa shape index (κ1) is 14.3. The summed E-state index contributed by atoms with van der Waals surface area (Å²) in [5, 5.41) is 20.8. The van der Waals surface area contributed by atoms with E-state index in [1.807, 2.05) is 6.92 Å². The first-order chi connectivity index (χ1) is 7.14. The Kier molecular flexibility index (Phi) is 7.29. The summed E-state index contributed by atoms with van der Waals surface area (Å²) >= 11 is 0. The van der Waals surface area contributed by atoms with E-state index in [1.165, 1.54) is 0 Å². The summed E-state index contributed by atoms with van der Waals surface area (Å²) in [5.74, 6) is -0.214. The van der Waals surface area contributed by atoms with Gasteiger partial charge in [-0.05, 0) is 13.3 Å². The number of ether oxygens (including phenoxy) is 1. The van der Waals surface area contributed by atoms with Crippen molar-refractivity contribution >= 4 is 5.91 Å². The minimum absolute atomic E-state index is 0.214. The summed E-state index contributed by atoms with van der Waals surface area (Å²) < 4.78 is 5.03. The normalized spacial score (nSPS) is 11.5. The number of aliphatic hydroxyl groups is 2. The highest BCUT2D eigenvalue weighted by Crippen LogP contribution is 2.08. The van der Waals surface area contributed by atoms with E-state index < -0.39 is 5.54 Å². The Morgan fingerprint density at radius 2 is 1.93 bits per heavy atom. The van der Waals surface area contributed by atoms with E-state index in [9.17, 15) is 4.79 Å². The SMILES string of the molecule is CCOCCC(=O)NC(CC)(CO)CO. The molecule has 5 heteroatoms. The van der Waals surface area contributed by atoms with Gasteiger partial charge >= 0.3 is 0 Å². The maximum Gasteiger partial charge on any atom is 0.222 e. The summed E-state index contributed by atoms with van der Waals surface area (Å²) in [6, 6.07) is 0. The maximum absolute atomic E-state index is 11.4. The molecule has 0 bridgehead atoms. The van der Waals surface area contributed by atoms with Gasteiger partial charge in [0, 0.05) is 13.0 Å². The quantitative estimate of drug-likeness (QED) is 0.488. The molecule has 5 nitrogen and oxygen atoms in total. The van der Waals surface area contributed by atoms with Gasteiger partial charge in [-0.25, -0.2) is 0 Å². The monoisotopic (exact) mass is 219 g/mol. The fourth-order valence-electron chi connectivity index (χ4n) is 1.11. The minimum atomic E-state index is -0.900. The Bertz CT molecular complexity index is 172. The second-order valence-electron chi connectivity index (χ2n) is 3.45. The third-order valence-electron chi connectivity index (χ3n) is 2.36. The van der Waals surface area contributed by atoms with Gasteiger partial charge in [0.1, 0.15) is 0 Å². The van der Waals surface area contributed by atoms with E-state index in [1.54, 1.807) is 6.92 Å². The van der Waals surface area contributed by atoms with Crippen LogP contribution in [0.5, 0.6) is 0 Å². The van der Waals surface area contributed by atoms with E-state index in [4.69, 9.17) is 14.9 Å². The number of nitrogens with one attached hydrogen (secondary N) is 1. The Labute approximate surface area is 90.4 Å². The third-order valence-corrected chi connectivity index (χ3v) is 2.36. The summed E-state index contributed by atoms with van der Waals surface area (Å²) in [5.41, 5.74) is -0.900. The lowest BCUT2D eigenvalue weighted by Gasteiger charge is -2.29. The Morgan fingerprint density at radius 1 is 1.33 bits per heavy atom. The predicted octanol–water partition coefficient (Wildman–Crippen LogP) is -0.337. The highest BCUT2D eigenvalue weighted by Gasteiger charge is 2.28. The molecule has 0 aliphatic heterocycles. The van der Waals surface area contributed by atoms with Gasteiger partial charge in [0.2, 0.25) is 5.91 Å². The highest BCUT2D eigenvalue weighted by atomic mass is 16.5. The second kappa shape index (κ2) is 7.62. The molecular formula is C10H21NO4. The zero-order valence-electron chi connectivity index (χ0n) is 9.45. The second-order valence-corrected chi connectivity index (χ2v) is 3.45. The fourth-order valence-corrected chi connectivity index (χ4v) is 1.11. The standard InChI is InChI=1S/C10H21NO4/c1-3-10(7-12,8-13)11-9(14)5-6-15-4-2/h12-13H,3-8H2,1-2H3,(H,11,14). The fraction of sp³-hybridized carbons (Fsp3) is 0.900. The number of aliphatic hydroxyl groups excluding tert-OH is 2. The van der Waals surface area contributed by atoms with Crippen molar-refractivity contribution in [3.05, 3.63) is 0 Å². The van der Waals surface area contributed by atoms with Crippen LogP contribution in [0.1, 0.15) is 26.7 Å². The Balaban J connectivity index is 4.00. The third kappa shape index (κ3) is 5.11. The van der Waals surface area contributed by atoms with Crippen LogP contribution in [0.3, 0.4) is 0 Å². The largest absolute Gasteiger partial charge is 0.394 e. The van der Waals surface area contributed by atoms with E-state index >= 15 is 0 Å². The van der Waals surface area contributed by atoms with Crippen molar-refractivity contribution in [3.8, 4) is 0 Å². The zero-order valence-corrected chi connectivity index (χ0v) is 9.45. The maximum atomic E-state index is 11.4. The molecule has 3 N–H and O–H groups in total. The van der Waals surface area contributed by atoms with Crippen LogP contribution in [0.2, 0.25) is 0 Å². The zero-order chi connectivity index (χ0) is 11.7. The summed E-state index contributed by atoms with van der Waals surface area (Å²) in [6.07, 6.45) is 0.732. The smallest absolute Gasteiger partial charge is 0.222 e. The van der Waals surface area contributed by atoms with Crippen LogP contribution < -0.4 is 5.32 Å². The van der Waals surface area contributed by atoms with Gasteiger partial charge in [-0.2, -0.15) is 0 Å². The summed E-state index contributed by atoms with van der Waals surface area (Å²) in [4.78, 5) is 11.4. The molecule has 0 aromatic carbocycles. The van der Waals surface area contributed by atoms with Gasteiger partial charge in [-0.1, -0.05) is 6.92 Å². The molecule has 0 atom stereocenters. The number of amides is 1. The van der Waals surface area contributed by atoms with Gasteiger partial charge in [0.05, 0.1) is 25.4 Å².